The molecule has 2 fully saturated rings. The number of nitrogens with zero attached hydrogens (tertiary/aromatic N) is 2. The molecule has 0 aromatic rings. The average Bonchev–Trinajstić information content (AvgIpc) is 2.97. The van der Waals surface area contributed by atoms with Crippen LogP contribution in [0.25, 0.3) is 0 Å². The lowest BCUT2D eigenvalue weighted by Gasteiger charge is -2.38. The number of rotatable bonds is 4. The van der Waals surface area contributed by atoms with Crippen LogP contribution in [0.3, 0.4) is 0 Å². The zero-order valence-corrected chi connectivity index (χ0v) is 13.3. The van der Waals surface area contributed by atoms with E-state index in [2.05, 4.69) is 6.92 Å². The molecule has 0 saturated heterocycles. The van der Waals surface area contributed by atoms with Crippen molar-refractivity contribution in [1.29, 1.82) is 0 Å². The zero-order valence-electron chi connectivity index (χ0n) is 13.3. The van der Waals surface area contributed by atoms with Crippen LogP contribution in [0.4, 0.5) is 4.79 Å². The summed E-state index contributed by atoms with van der Waals surface area (Å²) in [5, 5.41) is 9.11. The number of carboxylic acid groups (broad SMARTS) is 1. The second kappa shape index (κ2) is 7.14. The van der Waals surface area contributed by atoms with Gasteiger partial charge in [0.25, 0.3) is 0 Å². The lowest BCUT2D eigenvalue weighted by molar-refractivity contribution is -0.138. The monoisotopic (exact) mass is 296 g/mol. The van der Waals surface area contributed by atoms with Crippen molar-refractivity contribution in [3.8, 4) is 0 Å². The van der Waals surface area contributed by atoms with Gasteiger partial charge in [0.2, 0.25) is 0 Å². The maximum Gasteiger partial charge on any atom is 0.323 e. The first kappa shape index (κ1) is 16.1. The molecule has 5 heteroatoms. The van der Waals surface area contributed by atoms with Crippen LogP contribution in [0.1, 0.15) is 58.3 Å². The van der Waals surface area contributed by atoms with Crippen LogP contribution in [0.15, 0.2) is 0 Å². The molecule has 2 aliphatic rings. The normalized spacial score (nSPS) is 26.6. The maximum absolute atomic E-state index is 12.8. The van der Waals surface area contributed by atoms with Gasteiger partial charge in [0.05, 0.1) is 0 Å². The number of amides is 2. The molecule has 0 radical (unpaired) electrons. The van der Waals surface area contributed by atoms with Gasteiger partial charge in [-0.25, -0.2) is 4.79 Å². The van der Waals surface area contributed by atoms with Gasteiger partial charge in [-0.2, -0.15) is 0 Å². The molecule has 0 aromatic carbocycles. The van der Waals surface area contributed by atoms with Gasteiger partial charge in [-0.05, 0) is 31.6 Å². The molecular weight excluding hydrogens is 268 g/mol. The highest BCUT2D eigenvalue weighted by Crippen LogP contribution is 2.29. The third-order valence-electron chi connectivity index (χ3n) is 5.07. The molecule has 21 heavy (non-hydrogen) atoms. The number of carbonyl (C=O) groups excluding carboxylic acids is 1. The Morgan fingerprint density at radius 1 is 1.05 bits per heavy atom. The van der Waals surface area contributed by atoms with E-state index in [0.717, 1.165) is 44.9 Å². The number of carbonyl (C=O) groups is 2. The molecule has 2 rings (SSSR count). The largest absolute Gasteiger partial charge is 0.480 e. The first-order valence-electron chi connectivity index (χ1n) is 8.24. The summed E-state index contributed by atoms with van der Waals surface area (Å²) in [7, 11) is 1.84. The summed E-state index contributed by atoms with van der Waals surface area (Å²) in [5.41, 5.74) is 0. The summed E-state index contributed by atoms with van der Waals surface area (Å²) in [5.74, 6) is -0.265. The van der Waals surface area contributed by atoms with E-state index in [1.807, 2.05) is 7.05 Å². The van der Waals surface area contributed by atoms with Crippen LogP contribution in [0.2, 0.25) is 0 Å². The lowest BCUT2D eigenvalue weighted by atomic mass is 9.86. The highest BCUT2D eigenvalue weighted by molar-refractivity contribution is 5.80. The van der Waals surface area contributed by atoms with E-state index in [4.69, 9.17) is 5.11 Å². The van der Waals surface area contributed by atoms with E-state index in [9.17, 15) is 9.59 Å². The van der Waals surface area contributed by atoms with E-state index < -0.39 is 5.97 Å². The second-order valence-corrected chi connectivity index (χ2v) is 6.78. The Bertz CT molecular complexity index is 380. The van der Waals surface area contributed by atoms with Gasteiger partial charge in [-0.1, -0.05) is 32.6 Å². The maximum atomic E-state index is 12.8. The molecule has 0 bridgehead atoms. The summed E-state index contributed by atoms with van der Waals surface area (Å²) in [6.07, 6.45) is 8.54. The molecule has 2 saturated carbocycles. The first-order chi connectivity index (χ1) is 9.99. The fourth-order valence-corrected chi connectivity index (χ4v) is 3.83. The molecular formula is C16H28N2O3. The predicted octanol–water partition coefficient (Wildman–Crippen LogP) is 2.95. The predicted molar refractivity (Wildman–Crippen MR) is 81.2 cm³/mol. The zero-order chi connectivity index (χ0) is 15.4. The van der Waals surface area contributed by atoms with Crippen molar-refractivity contribution in [2.45, 2.75) is 70.4 Å². The molecule has 0 aliphatic heterocycles. The third kappa shape index (κ3) is 4.11. The quantitative estimate of drug-likeness (QED) is 0.867. The highest BCUT2D eigenvalue weighted by atomic mass is 16.4. The Morgan fingerprint density at radius 3 is 2.24 bits per heavy atom. The van der Waals surface area contributed by atoms with E-state index in [-0.39, 0.29) is 24.7 Å². The molecule has 2 amide bonds. The van der Waals surface area contributed by atoms with Crippen molar-refractivity contribution >= 4 is 12.0 Å². The fourth-order valence-electron chi connectivity index (χ4n) is 3.83. The van der Waals surface area contributed by atoms with Gasteiger partial charge >= 0.3 is 12.0 Å². The lowest BCUT2D eigenvalue weighted by Crippen LogP contribution is -2.51. The highest BCUT2D eigenvalue weighted by Gasteiger charge is 2.33. The van der Waals surface area contributed by atoms with Crippen LogP contribution in [-0.4, -0.2) is 52.6 Å². The molecule has 120 valence electrons. The Morgan fingerprint density at radius 2 is 1.67 bits per heavy atom. The summed E-state index contributed by atoms with van der Waals surface area (Å²) in [6, 6.07) is 0.277. The minimum atomic E-state index is -0.916. The fraction of sp³-hybridized carbons (Fsp3) is 0.875. The standard InChI is InChI=1S/C16H28N2O3/c1-12-6-5-9-14(10-12)17(2)16(21)18(11-15(19)20)13-7-3-4-8-13/h12-14H,3-11H2,1-2H3,(H,19,20). The molecule has 1 N–H and O–H groups in total. The van der Waals surface area contributed by atoms with E-state index in [1.165, 1.54) is 6.42 Å². The topological polar surface area (TPSA) is 60.9 Å². The number of carboxylic acids is 1. The summed E-state index contributed by atoms with van der Waals surface area (Å²) < 4.78 is 0. The average molecular weight is 296 g/mol. The molecule has 0 spiro atoms. The van der Waals surface area contributed by atoms with Gasteiger partial charge < -0.3 is 14.9 Å². The van der Waals surface area contributed by atoms with Gasteiger partial charge in [-0.15, -0.1) is 0 Å². The Balaban J connectivity index is 2.03. The van der Waals surface area contributed by atoms with Crippen LogP contribution in [-0.2, 0) is 4.79 Å². The van der Waals surface area contributed by atoms with Crippen molar-refractivity contribution in [2.75, 3.05) is 13.6 Å². The van der Waals surface area contributed by atoms with Crippen LogP contribution < -0.4 is 0 Å². The third-order valence-corrected chi connectivity index (χ3v) is 5.07. The van der Waals surface area contributed by atoms with Gasteiger partial charge in [-0.3, -0.25) is 4.79 Å². The smallest absolute Gasteiger partial charge is 0.323 e. The second-order valence-electron chi connectivity index (χ2n) is 6.78. The summed E-state index contributed by atoms with van der Waals surface area (Å²) >= 11 is 0. The van der Waals surface area contributed by atoms with Crippen molar-refractivity contribution < 1.29 is 14.7 Å². The first-order valence-corrected chi connectivity index (χ1v) is 8.24. The number of hydrogen-bond acceptors (Lipinski definition) is 2. The van der Waals surface area contributed by atoms with Crippen LogP contribution in [0.5, 0.6) is 0 Å². The molecule has 2 aliphatic carbocycles. The van der Waals surface area contributed by atoms with Gasteiger partial charge in [0, 0.05) is 19.1 Å². The Kier molecular flexibility index (Phi) is 5.48. The van der Waals surface area contributed by atoms with Crippen molar-refractivity contribution in [3.05, 3.63) is 0 Å². The van der Waals surface area contributed by atoms with E-state index in [0.29, 0.717) is 5.92 Å². The molecule has 2 unspecified atom stereocenters. The molecule has 2 atom stereocenters. The van der Waals surface area contributed by atoms with Crippen molar-refractivity contribution in [3.63, 3.8) is 0 Å². The molecule has 5 nitrogen and oxygen atoms in total. The van der Waals surface area contributed by atoms with E-state index >= 15 is 0 Å². The Hall–Kier alpha value is -1.26. The Labute approximate surface area is 127 Å². The minimum absolute atomic E-state index is 0.0941. The number of hydrogen-bond donors (Lipinski definition) is 1. The van der Waals surface area contributed by atoms with Gasteiger partial charge in [0.15, 0.2) is 0 Å². The van der Waals surface area contributed by atoms with Crippen LogP contribution >= 0.6 is 0 Å². The number of aliphatic carboxylic acids is 1. The van der Waals surface area contributed by atoms with Gasteiger partial charge in [0.1, 0.15) is 6.54 Å². The van der Waals surface area contributed by atoms with Crippen molar-refractivity contribution in [1.82, 2.24) is 9.80 Å². The van der Waals surface area contributed by atoms with Crippen molar-refractivity contribution in [2.24, 2.45) is 5.92 Å². The number of urea groups is 1. The van der Waals surface area contributed by atoms with E-state index in [1.54, 1.807) is 9.80 Å². The summed E-state index contributed by atoms with van der Waals surface area (Å²) in [6.45, 7) is 2.06. The molecule has 0 heterocycles. The van der Waals surface area contributed by atoms with Crippen LogP contribution in [0, 0.1) is 5.92 Å². The SMILES string of the molecule is CC1CCCC(N(C)C(=O)N(CC(=O)O)C2CCCC2)C1. The minimum Gasteiger partial charge on any atom is -0.480 e. The summed E-state index contributed by atoms with van der Waals surface area (Å²) in [4.78, 5) is 27.3. The molecule has 0 aromatic heterocycles.